The van der Waals surface area contributed by atoms with E-state index in [0.717, 1.165) is 16.9 Å². The highest BCUT2D eigenvalue weighted by Crippen LogP contribution is 2.36. The second-order valence-corrected chi connectivity index (χ2v) is 6.15. The highest BCUT2D eigenvalue weighted by Gasteiger charge is 2.12. The molecule has 0 aromatic heterocycles. The summed E-state index contributed by atoms with van der Waals surface area (Å²) in [4.78, 5) is 10.9. The molecular weight excluding hydrogens is 364 g/mol. The van der Waals surface area contributed by atoms with Crippen LogP contribution in [0.4, 0.5) is 0 Å². The molecule has 0 radical (unpaired) electrons. The summed E-state index contributed by atoms with van der Waals surface area (Å²) in [6, 6.07) is 21.2. The molecule has 138 valence electrons. The predicted octanol–water partition coefficient (Wildman–Crippen LogP) is 5.29. The maximum absolute atomic E-state index is 10.9. The van der Waals surface area contributed by atoms with E-state index in [1.165, 1.54) is 13.2 Å². The Labute approximate surface area is 163 Å². The van der Waals surface area contributed by atoms with Crippen molar-refractivity contribution in [3.63, 3.8) is 0 Å². The van der Waals surface area contributed by atoms with Crippen molar-refractivity contribution in [1.29, 1.82) is 0 Å². The molecule has 0 bridgehead atoms. The quantitative estimate of drug-likeness (QED) is 0.392. The van der Waals surface area contributed by atoms with E-state index in [1.54, 1.807) is 6.07 Å². The molecule has 0 atom stereocenters. The first-order valence-electron chi connectivity index (χ1n) is 8.45. The van der Waals surface area contributed by atoms with Crippen molar-refractivity contribution in [2.75, 3.05) is 20.3 Å². The number of hydrogen-bond donors (Lipinski definition) is 0. The van der Waals surface area contributed by atoms with Gasteiger partial charge in [-0.25, -0.2) is 0 Å². The largest absolute Gasteiger partial charge is 0.493 e. The van der Waals surface area contributed by atoms with E-state index in [1.807, 2.05) is 42.5 Å². The third-order valence-corrected chi connectivity index (χ3v) is 4.23. The summed E-state index contributed by atoms with van der Waals surface area (Å²) in [7, 11) is 1.50. The minimum absolute atomic E-state index is 0.289. The Kier molecular flexibility index (Phi) is 6.34. The SMILES string of the molecule is COc1cc(C=O)cc(Cl)c1OCCOc1ccc(-c2ccccc2)cc1. The van der Waals surface area contributed by atoms with Crippen LogP contribution in [0.1, 0.15) is 10.4 Å². The molecule has 0 unspecified atom stereocenters. The molecule has 0 amide bonds. The molecule has 27 heavy (non-hydrogen) atoms. The molecule has 4 nitrogen and oxygen atoms in total. The number of ether oxygens (including phenoxy) is 3. The zero-order valence-corrected chi connectivity index (χ0v) is 15.6. The van der Waals surface area contributed by atoms with Crippen molar-refractivity contribution >= 4 is 17.9 Å². The fourth-order valence-corrected chi connectivity index (χ4v) is 2.90. The van der Waals surface area contributed by atoms with E-state index in [4.69, 9.17) is 25.8 Å². The lowest BCUT2D eigenvalue weighted by molar-refractivity contribution is 0.112. The van der Waals surface area contributed by atoms with Gasteiger partial charge < -0.3 is 14.2 Å². The van der Waals surface area contributed by atoms with Crippen LogP contribution in [0.25, 0.3) is 11.1 Å². The van der Waals surface area contributed by atoms with Crippen LogP contribution >= 0.6 is 11.6 Å². The van der Waals surface area contributed by atoms with Gasteiger partial charge in [-0.05, 0) is 35.4 Å². The van der Waals surface area contributed by atoms with Crippen molar-refractivity contribution in [3.05, 3.63) is 77.3 Å². The molecule has 0 spiro atoms. The lowest BCUT2D eigenvalue weighted by Gasteiger charge is -2.13. The van der Waals surface area contributed by atoms with Gasteiger partial charge in [0.15, 0.2) is 11.5 Å². The molecule has 0 aliphatic carbocycles. The molecule has 3 aromatic carbocycles. The number of halogens is 1. The van der Waals surface area contributed by atoms with Gasteiger partial charge >= 0.3 is 0 Å². The molecule has 3 rings (SSSR count). The van der Waals surface area contributed by atoms with Gasteiger partial charge in [0, 0.05) is 5.56 Å². The molecule has 0 aliphatic rings. The Morgan fingerprint density at radius 1 is 0.889 bits per heavy atom. The summed E-state index contributed by atoms with van der Waals surface area (Å²) in [6.45, 7) is 0.635. The molecule has 3 aromatic rings. The summed E-state index contributed by atoms with van der Waals surface area (Å²) in [5, 5.41) is 0.323. The Balaban J connectivity index is 1.56. The standard InChI is InChI=1S/C22H19ClO4/c1-25-21-14-16(15-24)13-20(23)22(21)27-12-11-26-19-9-7-18(8-10-19)17-5-3-2-4-6-17/h2-10,13-15H,11-12H2,1H3. The number of carbonyl (C=O) groups is 1. The smallest absolute Gasteiger partial charge is 0.179 e. The third kappa shape index (κ3) is 4.80. The summed E-state index contributed by atoms with van der Waals surface area (Å²) in [5.74, 6) is 1.57. The fraction of sp³-hybridized carbons (Fsp3) is 0.136. The highest BCUT2D eigenvalue weighted by molar-refractivity contribution is 6.32. The maximum Gasteiger partial charge on any atom is 0.179 e. The van der Waals surface area contributed by atoms with Gasteiger partial charge in [0.05, 0.1) is 12.1 Å². The number of aldehydes is 1. The average molecular weight is 383 g/mol. The van der Waals surface area contributed by atoms with Crippen molar-refractivity contribution in [3.8, 4) is 28.4 Å². The molecular formula is C22H19ClO4. The third-order valence-electron chi connectivity index (χ3n) is 3.95. The van der Waals surface area contributed by atoms with Gasteiger partial charge in [-0.15, -0.1) is 0 Å². The first-order valence-corrected chi connectivity index (χ1v) is 8.83. The Morgan fingerprint density at radius 2 is 1.56 bits per heavy atom. The molecule has 0 heterocycles. The van der Waals surface area contributed by atoms with E-state index in [-0.39, 0.29) is 6.61 Å². The zero-order valence-electron chi connectivity index (χ0n) is 14.9. The first kappa shape index (κ1) is 18.8. The van der Waals surface area contributed by atoms with Gasteiger partial charge in [-0.2, -0.15) is 0 Å². The van der Waals surface area contributed by atoms with E-state index in [0.29, 0.717) is 35.0 Å². The van der Waals surface area contributed by atoms with Gasteiger partial charge in [0.25, 0.3) is 0 Å². The van der Waals surface area contributed by atoms with Gasteiger partial charge in [-0.3, -0.25) is 4.79 Å². The Hall–Kier alpha value is -2.98. The van der Waals surface area contributed by atoms with Crippen molar-refractivity contribution in [2.45, 2.75) is 0 Å². The van der Waals surface area contributed by atoms with E-state index >= 15 is 0 Å². The van der Waals surface area contributed by atoms with Crippen LogP contribution in [-0.2, 0) is 0 Å². The Morgan fingerprint density at radius 3 is 2.22 bits per heavy atom. The summed E-state index contributed by atoms with van der Waals surface area (Å²) < 4.78 is 16.6. The number of benzene rings is 3. The van der Waals surface area contributed by atoms with Crippen LogP contribution in [0.15, 0.2) is 66.7 Å². The topological polar surface area (TPSA) is 44.8 Å². The maximum atomic E-state index is 10.9. The summed E-state index contributed by atoms with van der Waals surface area (Å²) >= 11 is 6.16. The number of methoxy groups -OCH3 is 1. The van der Waals surface area contributed by atoms with Crippen LogP contribution in [0.5, 0.6) is 17.2 Å². The summed E-state index contributed by atoms with van der Waals surface area (Å²) in [6.07, 6.45) is 0.709. The summed E-state index contributed by atoms with van der Waals surface area (Å²) in [5.41, 5.74) is 2.72. The van der Waals surface area contributed by atoms with Gasteiger partial charge in [-0.1, -0.05) is 54.1 Å². The van der Waals surface area contributed by atoms with E-state index in [2.05, 4.69) is 12.1 Å². The number of hydrogen-bond acceptors (Lipinski definition) is 4. The van der Waals surface area contributed by atoms with Crippen LogP contribution < -0.4 is 14.2 Å². The lowest BCUT2D eigenvalue weighted by Crippen LogP contribution is -2.10. The molecule has 0 N–H and O–H groups in total. The minimum Gasteiger partial charge on any atom is -0.493 e. The van der Waals surface area contributed by atoms with Crippen LogP contribution in [-0.4, -0.2) is 26.6 Å². The number of rotatable bonds is 8. The molecule has 0 saturated heterocycles. The molecule has 5 heteroatoms. The molecule has 0 saturated carbocycles. The van der Waals surface area contributed by atoms with Crippen molar-refractivity contribution in [1.82, 2.24) is 0 Å². The number of carbonyl (C=O) groups excluding carboxylic acids is 1. The lowest BCUT2D eigenvalue weighted by atomic mass is 10.1. The van der Waals surface area contributed by atoms with E-state index < -0.39 is 0 Å². The molecule has 0 aliphatic heterocycles. The predicted molar refractivity (Wildman–Crippen MR) is 106 cm³/mol. The fourth-order valence-electron chi connectivity index (χ4n) is 2.63. The second kappa shape index (κ2) is 9.10. The van der Waals surface area contributed by atoms with E-state index in [9.17, 15) is 4.79 Å². The Bertz CT molecular complexity index is 892. The first-order chi connectivity index (χ1) is 13.2. The van der Waals surface area contributed by atoms with Crippen LogP contribution in [0.3, 0.4) is 0 Å². The second-order valence-electron chi connectivity index (χ2n) is 5.74. The average Bonchev–Trinajstić information content (AvgIpc) is 2.72. The monoisotopic (exact) mass is 382 g/mol. The van der Waals surface area contributed by atoms with Gasteiger partial charge in [0.2, 0.25) is 0 Å². The van der Waals surface area contributed by atoms with Crippen LogP contribution in [0.2, 0.25) is 5.02 Å². The minimum atomic E-state index is 0.289. The normalized spacial score (nSPS) is 10.3. The highest BCUT2D eigenvalue weighted by atomic mass is 35.5. The zero-order chi connectivity index (χ0) is 19.1. The van der Waals surface area contributed by atoms with Crippen molar-refractivity contribution in [2.24, 2.45) is 0 Å². The van der Waals surface area contributed by atoms with Crippen molar-refractivity contribution < 1.29 is 19.0 Å². The molecule has 0 fully saturated rings. The van der Waals surface area contributed by atoms with Crippen LogP contribution in [0, 0.1) is 0 Å². The van der Waals surface area contributed by atoms with Gasteiger partial charge in [0.1, 0.15) is 25.2 Å².